The molecule has 0 bridgehead atoms. The summed E-state index contributed by atoms with van der Waals surface area (Å²) in [6.45, 7) is 1.76. The predicted molar refractivity (Wildman–Crippen MR) is 153 cm³/mol. The van der Waals surface area contributed by atoms with E-state index in [1.807, 2.05) is 72.8 Å². The van der Waals surface area contributed by atoms with Crippen molar-refractivity contribution in [1.29, 1.82) is 0 Å². The zero-order valence-electron chi connectivity index (χ0n) is 21.6. The number of halogens is 1. The Morgan fingerprint density at radius 2 is 1.60 bits per heavy atom. The molecule has 0 unspecified atom stereocenters. The van der Waals surface area contributed by atoms with Crippen LogP contribution in [-0.4, -0.2) is 22.2 Å². The second-order valence-corrected chi connectivity index (χ2v) is 10.3. The largest absolute Gasteiger partial charge is 0.481 e. The molecular weight excluding hydrogens is 528 g/mol. The van der Waals surface area contributed by atoms with Gasteiger partial charge in [0.05, 0.1) is 10.8 Å². The van der Waals surface area contributed by atoms with Gasteiger partial charge in [0.1, 0.15) is 11.8 Å². The van der Waals surface area contributed by atoms with Gasteiger partial charge in [-0.2, -0.15) is 0 Å². The second kappa shape index (κ2) is 10.2. The molecule has 200 valence electrons. The van der Waals surface area contributed by atoms with Gasteiger partial charge in [0, 0.05) is 22.3 Å². The number of furan rings is 1. The maximum absolute atomic E-state index is 12.9. The highest BCUT2D eigenvalue weighted by Gasteiger charge is 2.51. The number of fused-ring (bicyclic) bond motifs is 1. The number of carboxylic acid groups (broad SMARTS) is 1. The second-order valence-electron chi connectivity index (χ2n) is 9.90. The molecule has 40 heavy (non-hydrogen) atoms. The Kier molecular flexibility index (Phi) is 6.52. The van der Waals surface area contributed by atoms with E-state index in [1.54, 1.807) is 25.3 Å². The van der Waals surface area contributed by atoms with Crippen molar-refractivity contribution in [3.8, 4) is 22.5 Å². The minimum absolute atomic E-state index is 0.388. The predicted octanol–water partition coefficient (Wildman–Crippen LogP) is 8.24. The number of rotatable bonds is 7. The summed E-state index contributed by atoms with van der Waals surface area (Å²) in [5.74, 6) is -0.313. The van der Waals surface area contributed by atoms with Crippen LogP contribution in [0.25, 0.3) is 33.6 Å². The van der Waals surface area contributed by atoms with Crippen molar-refractivity contribution in [2.45, 2.75) is 31.3 Å². The van der Waals surface area contributed by atoms with Crippen LogP contribution < -0.4 is 5.32 Å². The molecule has 2 aromatic heterocycles. The lowest BCUT2D eigenvalue weighted by molar-refractivity contribution is -0.140. The number of carboxylic acids is 1. The number of aliphatic carboxylic acids is 1. The number of carbonyl (C=O) groups is 2. The van der Waals surface area contributed by atoms with Crippen LogP contribution in [0.15, 0.2) is 95.5 Å². The van der Waals surface area contributed by atoms with Gasteiger partial charge < -0.3 is 14.3 Å². The Morgan fingerprint density at radius 3 is 2.25 bits per heavy atom. The molecule has 1 saturated carbocycles. The van der Waals surface area contributed by atoms with Gasteiger partial charge in [0.25, 0.3) is 0 Å². The molecule has 7 nitrogen and oxygen atoms in total. The van der Waals surface area contributed by atoms with Crippen LogP contribution in [0.1, 0.15) is 37.0 Å². The van der Waals surface area contributed by atoms with E-state index in [9.17, 15) is 14.7 Å². The normalized spacial score (nSPS) is 14.4. The summed E-state index contributed by atoms with van der Waals surface area (Å²) in [5, 5.41) is 13.6. The monoisotopic (exact) mass is 552 g/mol. The number of nitrogens with zero attached hydrogens (tertiary/aromatic N) is 1. The standard InChI is InChI=1S/C32H25ClN2O5/c1-19(24-5-2-3-7-26(24)33)39-31(38)35-27-25-6-4-18-34-29(25)40-28(27)22-10-8-20(9-11-22)21-12-14-23(15-13-21)32(16-17-32)30(36)37/h2-15,18-19H,16-17H2,1H3,(H,35,38)(H,36,37)/t19-/m1/s1. The van der Waals surface area contributed by atoms with Crippen molar-refractivity contribution in [2.75, 3.05) is 5.32 Å². The molecule has 5 aromatic rings. The highest BCUT2D eigenvalue weighted by Crippen LogP contribution is 2.48. The number of carbonyl (C=O) groups excluding carboxylic acids is 1. The Hall–Kier alpha value is -4.62. The zero-order valence-corrected chi connectivity index (χ0v) is 22.3. The van der Waals surface area contributed by atoms with Crippen molar-refractivity contribution in [3.63, 3.8) is 0 Å². The van der Waals surface area contributed by atoms with Crippen molar-refractivity contribution < 1.29 is 23.8 Å². The number of pyridine rings is 1. The molecule has 8 heteroatoms. The third-order valence-corrected chi connectivity index (χ3v) is 7.74. The maximum atomic E-state index is 12.9. The SMILES string of the molecule is C[C@@H](OC(=O)Nc1c(-c2ccc(-c3ccc(C4(C(=O)O)CC4)cc3)cc2)oc2ncccc12)c1ccccc1Cl. The molecule has 1 aliphatic carbocycles. The molecule has 2 heterocycles. The summed E-state index contributed by atoms with van der Waals surface area (Å²) in [4.78, 5) is 28.9. The first-order valence-electron chi connectivity index (χ1n) is 12.9. The molecule has 0 spiro atoms. The molecular formula is C32H25ClN2O5. The lowest BCUT2D eigenvalue weighted by Gasteiger charge is -2.15. The molecule has 1 fully saturated rings. The van der Waals surface area contributed by atoms with Crippen LogP contribution in [0.4, 0.5) is 10.5 Å². The fourth-order valence-corrected chi connectivity index (χ4v) is 5.26. The third kappa shape index (κ3) is 4.69. The van der Waals surface area contributed by atoms with E-state index in [0.29, 0.717) is 46.0 Å². The average molecular weight is 553 g/mol. The van der Waals surface area contributed by atoms with Crippen LogP contribution in [0.3, 0.4) is 0 Å². The van der Waals surface area contributed by atoms with Crippen LogP contribution >= 0.6 is 11.6 Å². The minimum atomic E-state index is -0.767. The van der Waals surface area contributed by atoms with Gasteiger partial charge in [-0.3, -0.25) is 10.1 Å². The minimum Gasteiger partial charge on any atom is -0.481 e. The Balaban J connectivity index is 1.25. The van der Waals surface area contributed by atoms with Crippen LogP contribution in [0, 0.1) is 0 Å². The van der Waals surface area contributed by atoms with E-state index in [0.717, 1.165) is 22.3 Å². The fraction of sp³-hybridized carbons (Fsp3) is 0.156. The van der Waals surface area contributed by atoms with Crippen molar-refractivity contribution in [3.05, 3.63) is 107 Å². The number of ether oxygens (including phenoxy) is 1. The number of hydrogen-bond donors (Lipinski definition) is 2. The van der Waals surface area contributed by atoms with Gasteiger partial charge >= 0.3 is 12.1 Å². The summed E-state index contributed by atoms with van der Waals surface area (Å²) < 4.78 is 11.7. The molecule has 6 rings (SSSR count). The molecule has 1 atom stereocenters. The van der Waals surface area contributed by atoms with Gasteiger partial charge in [-0.05, 0) is 54.7 Å². The smallest absolute Gasteiger partial charge is 0.412 e. The quantitative estimate of drug-likeness (QED) is 0.211. The van der Waals surface area contributed by atoms with E-state index in [2.05, 4.69) is 10.3 Å². The highest BCUT2D eigenvalue weighted by molar-refractivity contribution is 6.31. The topological polar surface area (TPSA) is 102 Å². The number of anilines is 1. The summed E-state index contributed by atoms with van der Waals surface area (Å²) in [6, 6.07) is 26.2. The summed E-state index contributed by atoms with van der Waals surface area (Å²) in [7, 11) is 0. The Labute approximate surface area is 235 Å². The summed E-state index contributed by atoms with van der Waals surface area (Å²) in [5.41, 5.74) is 4.34. The molecule has 0 radical (unpaired) electrons. The number of aromatic nitrogens is 1. The molecule has 0 aliphatic heterocycles. The van der Waals surface area contributed by atoms with E-state index in [1.165, 1.54) is 0 Å². The lowest BCUT2D eigenvalue weighted by atomic mass is 9.93. The van der Waals surface area contributed by atoms with Crippen LogP contribution in [0.5, 0.6) is 0 Å². The van der Waals surface area contributed by atoms with E-state index >= 15 is 0 Å². The van der Waals surface area contributed by atoms with E-state index in [4.69, 9.17) is 20.8 Å². The molecule has 3 aromatic carbocycles. The maximum Gasteiger partial charge on any atom is 0.412 e. The van der Waals surface area contributed by atoms with Gasteiger partial charge in [0.2, 0.25) is 5.71 Å². The van der Waals surface area contributed by atoms with Gasteiger partial charge in [-0.25, -0.2) is 9.78 Å². The van der Waals surface area contributed by atoms with Crippen LogP contribution in [-0.2, 0) is 14.9 Å². The van der Waals surface area contributed by atoms with Gasteiger partial charge in [0.15, 0.2) is 5.76 Å². The first-order chi connectivity index (χ1) is 19.4. The van der Waals surface area contributed by atoms with Crippen molar-refractivity contribution in [2.24, 2.45) is 0 Å². The number of nitrogens with one attached hydrogen (secondary N) is 1. The third-order valence-electron chi connectivity index (χ3n) is 7.40. The summed E-state index contributed by atoms with van der Waals surface area (Å²) >= 11 is 6.27. The average Bonchev–Trinajstić information content (AvgIpc) is 3.71. The zero-order chi connectivity index (χ0) is 27.9. The number of amides is 1. The first kappa shape index (κ1) is 25.6. The number of hydrogen-bond acceptors (Lipinski definition) is 5. The fourth-order valence-electron chi connectivity index (χ4n) is 4.97. The lowest BCUT2D eigenvalue weighted by Crippen LogP contribution is -2.19. The Morgan fingerprint density at radius 1 is 0.950 bits per heavy atom. The molecule has 1 aliphatic rings. The van der Waals surface area contributed by atoms with Crippen molar-refractivity contribution >= 4 is 40.5 Å². The first-order valence-corrected chi connectivity index (χ1v) is 13.3. The van der Waals surface area contributed by atoms with Crippen molar-refractivity contribution in [1.82, 2.24) is 4.98 Å². The molecule has 1 amide bonds. The Bertz CT molecular complexity index is 1720. The van der Waals surface area contributed by atoms with Crippen LogP contribution in [0.2, 0.25) is 5.02 Å². The molecule has 2 N–H and O–H groups in total. The van der Waals surface area contributed by atoms with E-state index in [-0.39, 0.29) is 0 Å². The summed E-state index contributed by atoms with van der Waals surface area (Å²) in [6.07, 6.45) is 1.76. The molecule has 0 saturated heterocycles. The van der Waals surface area contributed by atoms with E-state index < -0.39 is 23.6 Å². The van der Waals surface area contributed by atoms with Gasteiger partial charge in [-0.15, -0.1) is 0 Å². The number of benzene rings is 3. The highest BCUT2D eigenvalue weighted by atomic mass is 35.5. The van der Waals surface area contributed by atoms with Gasteiger partial charge in [-0.1, -0.05) is 78.3 Å².